The third-order valence-electron chi connectivity index (χ3n) is 12.3. The second-order valence-electron chi connectivity index (χ2n) is 18.8. The number of hydrogen-bond acceptors (Lipinski definition) is 6. The van der Waals surface area contributed by atoms with Gasteiger partial charge in [0, 0.05) is 19.3 Å². The van der Waals surface area contributed by atoms with Crippen LogP contribution in [-0.2, 0) is 28.6 Å². The van der Waals surface area contributed by atoms with Gasteiger partial charge in [-0.15, -0.1) is 0 Å². The van der Waals surface area contributed by atoms with Crippen LogP contribution < -0.4 is 0 Å². The molecule has 0 heterocycles. The molecule has 0 spiro atoms. The van der Waals surface area contributed by atoms with Gasteiger partial charge in [-0.25, -0.2) is 0 Å². The van der Waals surface area contributed by atoms with E-state index in [4.69, 9.17) is 14.2 Å². The molecule has 0 aromatic carbocycles. The number of rotatable bonds is 51. The fourth-order valence-corrected chi connectivity index (χ4v) is 7.99. The van der Waals surface area contributed by atoms with Gasteiger partial charge in [-0.3, -0.25) is 14.4 Å². The van der Waals surface area contributed by atoms with Crippen LogP contribution in [-0.4, -0.2) is 37.2 Å². The molecule has 0 radical (unpaired) electrons. The van der Waals surface area contributed by atoms with Gasteiger partial charge in [0.1, 0.15) is 13.2 Å². The Labute approximate surface area is 403 Å². The smallest absolute Gasteiger partial charge is 0.306 e. The predicted octanol–water partition coefficient (Wildman–Crippen LogP) is 18.7. The molecule has 0 N–H and O–H groups in total. The SMILES string of the molecule is CCCCC/C=C\C/C=C\CCCCCCCC(=O)OC[C@H](COC(=O)CCCCCCC/C=C\CCCCCCCC)OC(=O)CCCCCCCCC/C=C\CCCCCCCC. The minimum Gasteiger partial charge on any atom is -0.462 e. The molecule has 0 aromatic rings. The number of ether oxygens (including phenoxy) is 3. The Bertz CT molecular complexity index is 1140. The van der Waals surface area contributed by atoms with Crippen LogP contribution >= 0.6 is 0 Å². The van der Waals surface area contributed by atoms with Crippen molar-refractivity contribution in [1.29, 1.82) is 0 Å². The van der Waals surface area contributed by atoms with Crippen LogP contribution in [0.15, 0.2) is 48.6 Å². The fourth-order valence-electron chi connectivity index (χ4n) is 7.99. The number of allylic oxidation sites excluding steroid dienone is 8. The number of unbranched alkanes of at least 4 members (excludes halogenated alkanes) is 32. The van der Waals surface area contributed by atoms with E-state index in [9.17, 15) is 14.4 Å². The molecule has 0 aliphatic heterocycles. The molecule has 0 fully saturated rings. The molecular formula is C59H106O6. The van der Waals surface area contributed by atoms with Crippen molar-refractivity contribution in [3.8, 4) is 0 Å². The van der Waals surface area contributed by atoms with Crippen LogP contribution in [0.3, 0.4) is 0 Å². The van der Waals surface area contributed by atoms with Crippen molar-refractivity contribution in [2.75, 3.05) is 13.2 Å². The van der Waals surface area contributed by atoms with Crippen molar-refractivity contribution in [1.82, 2.24) is 0 Å². The third kappa shape index (κ3) is 52.2. The molecular weight excluding hydrogens is 805 g/mol. The van der Waals surface area contributed by atoms with Crippen molar-refractivity contribution in [2.45, 2.75) is 297 Å². The summed E-state index contributed by atoms with van der Waals surface area (Å²) in [4.78, 5) is 38.1. The largest absolute Gasteiger partial charge is 0.462 e. The van der Waals surface area contributed by atoms with Crippen LogP contribution in [0, 0.1) is 0 Å². The van der Waals surface area contributed by atoms with Crippen molar-refractivity contribution in [3.05, 3.63) is 48.6 Å². The van der Waals surface area contributed by atoms with Crippen LogP contribution in [0.1, 0.15) is 290 Å². The first-order valence-electron chi connectivity index (χ1n) is 28.1. The molecule has 65 heavy (non-hydrogen) atoms. The number of carbonyl (C=O) groups is 3. The predicted molar refractivity (Wildman–Crippen MR) is 279 cm³/mol. The van der Waals surface area contributed by atoms with E-state index in [1.807, 2.05) is 0 Å². The van der Waals surface area contributed by atoms with E-state index < -0.39 is 6.10 Å². The normalized spacial score (nSPS) is 12.4. The van der Waals surface area contributed by atoms with E-state index in [-0.39, 0.29) is 31.1 Å². The average Bonchev–Trinajstić information content (AvgIpc) is 3.30. The van der Waals surface area contributed by atoms with Crippen molar-refractivity contribution in [3.63, 3.8) is 0 Å². The van der Waals surface area contributed by atoms with E-state index in [1.165, 1.54) is 167 Å². The van der Waals surface area contributed by atoms with Crippen molar-refractivity contribution >= 4 is 17.9 Å². The summed E-state index contributed by atoms with van der Waals surface area (Å²) in [6.45, 7) is 6.60. The first kappa shape index (κ1) is 62.4. The maximum absolute atomic E-state index is 12.8. The van der Waals surface area contributed by atoms with E-state index in [2.05, 4.69) is 69.4 Å². The lowest BCUT2D eigenvalue weighted by molar-refractivity contribution is -0.167. The Morgan fingerprint density at radius 3 is 0.892 bits per heavy atom. The lowest BCUT2D eigenvalue weighted by Crippen LogP contribution is -2.30. The molecule has 0 saturated carbocycles. The summed E-state index contributed by atoms with van der Waals surface area (Å²) in [5.74, 6) is -0.898. The van der Waals surface area contributed by atoms with Crippen LogP contribution in [0.4, 0.5) is 0 Å². The summed E-state index contributed by atoms with van der Waals surface area (Å²) in [5.41, 5.74) is 0. The Morgan fingerprint density at radius 1 is 0.308 bits per heavy atom. The third-order valence-corrected chi connectivity index (χ3v) is 12.3. The van der Waals surface area contributed by atoms with Crippen LogP contribution in [0.25, 0.3) is 0 Å². The van der Waals surface area contributed by atoms with E-state index in [0.717, 1.165) is 83.5 Å². The summed E-state index contributed by atoms with van der Waals surface area (Å²) >= 11 is 0. The zero-order chi connectivity index (χ0) is 47.2. The van der Waals surface area contributed by atoms with Crippen molar-refractivity contribution in [2.24, 2.45) is 0 Å². The second kappa shape index (κ2) is 54.0. The van der Waals surface area contributed by atoms with Gasteiger partial charge in [-0.05, 0) is 103 Å². The lowest BCUT2D eigenvalue weighted by Gasteiger charge is -2.18. The highest BCUT2D eigenvalue weighted by Gasteiger charge is 2.19. The molecule has 0 aliphatic rings. The number of esters is 3. The molecule has 0 amide bonds. The molecule has 0 bridgehead atoms. The first-order chi connectivity index (χ1) is 32.0. The molecule has 0 saturated heterocycles. The summed E-state index contributed by atoms with van der Waals surface area (Å²) in [6, 6.07) is 0. The van der Waals surface area contributed by atoms with E-state index >= 15 is 0 Å². The Kier molecular flexibility index (Phi) is 51.8. The topological polar surface area (TPSA) is 78.9 Å². The summed E-state index contributed by atoms with van der Waals surface area (Å²) in [6.07, 6.45) is 65.2. The number of hydrogen-bond donors (Lipinski definition) is 0. The zero-order valence-electron chi connectivity index (χ0n) is 43.3. The molecule has 6 heteroatoms. The average molecular weight is 911 g/mol. The first-order valence-corrected chi connectivity index (χ1v) is 28.1. The summed E-state index contributed by atoms with van der Waals surface area (Å²) in [7, 11) is 0. The lowest BCUT2D eigenvalue weighted by atomic mass is 10.1. The standard InChI is InChI=1S/C59H106O6/c1-4-7-10-13-16-19-22-25-28-29-32-35-38-41-44-47-50-53-59(62)65-56(54-63-57(60)51-48-45-42-39-36-33-30-26-23-20-17-14-11-8-5-2)55-64-58(61)52-49-46-43-40-37-34-31-27-24-21-18-15-12-9-6-3/h17,20,25-28,30-31,56H,4-16,18-19,21-24,29,32-55H2,1-3H3/b20-17-,28-25-,30-26-,31-27-/t56-/m1/s1. The van der Waals surface area contributed by atoms with Gasteiger partial charge in [0.05, 0.1) is 0 Å². The highest BCUT2D eigenvalue weighted by molar-refractivity contribution is 5.71. The minimum absolute atomic E-state index is 0.0825. The minimum atomic E-state index is -0.783. The summed E-state index contributed by atoms with van der Waals surface area (Å²) < 4.78 is 16.8. The van der Waals surface area contributed by atoms with Gasteiger partial charge >= 0.3 is 17.9 Å². The Morgan fingerprint density at radius 2 is 0.554 bits per heavy atom. The molecule has 6 nitrogen and oxygen atoms in total. The molecule has 0 rings (SSSR count). The summed E-state index contributed by atoms with van der Waals surface area (Å²) in [5, 5.41) is 0. The van der Waals surface area contributed by atoms with Gasteiger partial charge in [0.2, 0.25) is 0 Å². The quantitative estimate of drug-likeness (QED) is 0.0262. The number of carbonyl (C=O) groups excluding carboxylic acids is 3. The van der Waals surface area contributed by atoms with Gasteiger partial charge < -0.3 is 14.2 Å². The maximum atomic E-state index is 12.8. The maximum Gasteiger partial charge on any atom is 0.306 e. The molecule has 1 atom stereocenters. The second-order valence-corrected chi connectivity index (χ2v) is 18.8. The fraction of sp³-hybridized carbons (Fsp3) is 0.814. The molecule has 0 aromatic heterocycles. The highest BCUT2D eigenvalue weighted by Crippen LogP contribution is 2.15. The molecule has 378 valence electrons. The molecule has 0 unspecified atom stereocenters. The van der Waals surface area contributed by atoms with E-state index in [0.29, 0.717) is 19.3 Å². The van der Waals surface area contributed by atoms with Crippen LogP contribution in [0.5, 0.6) is 0 Å². The van der Waals surface area contributed by atoms with Gasteiger partial charge in [-0.1, -0.05) is 217 Å². The zero-order valence-corrected chi connectivity index (χ0v) is 43.3. The van der Waals surface area contributed by atoms with Gasteiger partial charge in [0.15, 0.2) is 6.10 Å². The highest BCUT2D eigenvalue weighted by atomic mass is 16.6. The van der Waals surface area contributed by atoms with E-state index in [1.54, 1.807) is 0 Å². The van der Waals surface area contributed by atoms with Gasteiger partial charge in [0.25, 0.3) is 0 Å². The van der Waals surface area contributed by atoms with Crippen LogP contribution in [0.2, 0.25) is 0 Å². The Hall–Kier alpha value is -2.63. The van der Waals surface area contributed by atoms with Crippen molar-refractivity contribution < 1.29 is 28.6 Å². The molecule has 0 aliphatic carbocycles. The van der Waals surface area contributed by atoms with Gasteiger partial charge in [-0.2, -0.15) is 0 Å². The monoisotopic (exact) mass is 911 g/mol. The Balaban J connectivity index is 4.40.